The smallest absolute Gasteiger partial charge is 0.314 e. The molecule has 37 heavy (non-hydrogen) atoms. The Kier molecular flexibility index (Phi) is 8.14. The van der Waals surface area contributed by atoms with Gasteiger partial charge in [-0.05, 0) is 80.0 Å². The van der Waals surface area contributed by atoms with Crippen molar-refractivity contribution < 1.29 is 19.4 Å². The summed E-state index contributed by atoms with van der Waals surface area (Å²) in [6, 6.07) is 13.0. The van der Waals surface area contributed by atoms with Crippen LogP contribution in [0.5, 0.6) is 5.75 Å². The zero-order valence-electron chi connectivity index (χ0n) is 22.9. The second-order valence-electron chi connectivity index (χ2n) is 11.0. The van der Waals surface area contributed by atoms with Crippen molar-refractivity contribution in [1.82, 2.24) is 0 Å². The zero-order chi connectivity index (χ0) is 26.6. The molecular weight excluding hydrogens is 460 g/mol. The molecule has 0 amide bonds. The molecule has 1 N–H and O–H groups in total. The number of cyclic esters (lactones) is 1. The lowest BCUT2D eigenvalue weighted by Gasteiger charge is -2.34. The van der Waals surface area contributed by atoms with E-state index in [0.717, 1.165) is 48.1 Å². The first-order valence-corrected chi connectivity index (χ1v) is 13.6. The van der Waals surface area contributed by atoms with Crippen molar-refractivity contribution in [2.24, 2.45) is 5.41 Å². The lowest BCUT2D eigenvalue weighted by atomic mass is 9.70. The van der Waals surface area contributed by atoms with E-state index in [2.05, 4.69) is 76.8 Å². The Balaban J connectivity index is 1.56. The minimum atomic E-state index is -0.583. The summed E-state index contributed by atoms with van der Waals surface area (Å²) >= 11 is 0. The van der Waals surface area contributed by atoms with Gasteiger partial charge in [0.1, 0.15) is 24.2 Å². The topological polar surface area (TPSA) is 55.8 Å². The number of ether oxygens (including phenoxy) is 2. The van der Waals surface area contributed by atoms with E-state index in [4.69, 9.17) is 9.47 Å². The molecule has 4 rings (SSSR count). The predicted octanol–water partition coefficient (Wildman–Crippen LogP) is 6.91. The normalized spacial score (nSPS) is 17.6. The number of aryl methyl sites for hydroxylation is 2. The van der Waals surface area contributed by atoms with Crippen molar-refractivity contribution in [3.63, 3.8) is 0 Å². The van der Waals surface area contributed by atoms with Crippen LogP contribution in [0.4, 0.5) is 0 Å². The Morgan fingerprint density at radius 1 is 1.05 bits per heavy atom. The number of benzene rings is 2. The fourth-order valence-electron chi connectivity index (χ4n) is 5.88. The number of carbonyl (C=O) groups excluding carboxylic acids is 1. The standard InChI is InChI=1S/C33H40O4/c1-6-33(7-2,27-13-15-29(24(4)21-27)36-22-28-14-17-31(35)37-28)26-12-10-25(23(3)20-26)11-16-30(34)32(5)18-8-9-19-32/h10,12-15,20-21,30,34H,6-9,17-19,22H2,1-5H3. The summed E-state index contributed by atoms with van der Waals surface area (Å²) in [5, 5.41) is 10.7. The zero-order valence-corrected chi connectivity index (χ0v) is 22.9. The molecule has 0 aromatic heterocycles. The van der Waals surface area contributed by atoms with Crippen molar-refractivity contribution in [2.45, 2.75) is 91.1 Å². The van der Waals surface area contributed by atoms with Crippen molar-refractivity contribution in [3.8, 4) is 17.6 Å². The van der Waals surface area contributed by atoms with Gasteiger partial charge < -0.3 is 14.6 Å². The monoisotopic (exact) mass is 500 g/mol. The van der Waals surface area contributed by atoms with Gasteiger partial charge in [-0.3, -0.25) is 4.79 Å². The molecule has 2 aliphatic rings. The number of carbonyl (C=O) groups is 1. The van der Waals surface area contributed by atoms with Crippen LogP contribution in [0.15, 0.2) is 48.2 Å². The molecule has 1 heterocycles. The number of aliphatic hydroxyl groups excluding tert-OH is 1. The highest BCUT2D eigenvalue weighted by Gasteiger charge is 2.35. The maximum atomic E-state index is 11.3. The number of aliphatic hydroxyl groups is 1. The Morgan fingerprint density at radius 3 is 2.27 bits per heavy atom. The molecule has 0 spiro atoms. The molecular formula is C33H40O4. The summed E-state index contributed by atoms with van der Waals surface area (Å²) in [6.07, 6.45) is 7.89. The van der Waals surface area contributed by atoms with E-state index in [9.17, 15) is 9.90 Å². The molecule has 4 heteroatoms. The summed E-state index contributed by atoms with van der Waals surface area (Å²) < 4.78 is 11.1. The van der Waals surface area contributed by atoms with Gasteiger partial charge in [-0.2, -0.15) is 0 Å². The third kappa shape index (κ3) is 5.63. The summed E-state index contributed by atoms with van der Waals surface area (Å²) in [5.41, 5.74) is 5.51. The van der Waals surface area contributed by atoms with Gasteiger partial charge in [-0.1, -0.05) is 69.7 Å². The van der Waals surface area contributed by atoms with Gasteiger partial charge in [0.2, 0.25) is 0 Å². The second kappa shape index (κ2) is 11.2. The number of hydrogen-bond donors (Lipinski definition) is 1. The third-order valence-electron chi connectivity index (χ3n) is 8.57. The summed E-state index contributed by atoms with van der Waals surface area (Å²) in [7, 11) is 0. The van der Waals surface area contributed by atoms with Crippen LogP contribution >= 0.6 is 0 Å². The highest BCUT2D eigenvalue weighted by Crippen LogP contribution is 2.42. The van der Waals surface area contributed by atoms with E-state index in [0.29, 0.717) is 12.2 Å². The van der Waals surface area contributed by atoms with E-state index < -0.39 is 6.10 Å². The highest BCUT2D eigenvalue weighted by molar-refractivity contribution is 5.75. The fourth-order valence-corrected chi connectivity index (χ4v) is 5.88. The molecule has 0 bridgehead atoms. The number of hydrogen-bond acceptors (Lipinski definition) is 4. The summed E-state index contributed by atoms with van der Waals surface area (Å²) in [4.78, 5) is 11.3. The first-order valence-electron chi connectivity index (χ1n) is 13.6. The Morgan fingerprint density at radius 2 is 1.70 bits per heavy atom. The first-order chi connectivity index (χ1) is 17.7. The van der Waals surface area contributed by atoms with Crippen LogP contribution in [0.25, 0.3) is 0 Å². The van der Waals surface area contributed by atoms with Gasteiger partial charge in [0.15, 0.2) is 0 Å². The molecule has 0 radical (unpaired) electrons. The quantitative estimate of drug-likeness (QED) is 0.316. The molecule has 1 aliphatic heterocycles. The fraction of sp³-hybridized carbons (Fsp3) is 0.485. The Labute approximate surface area is 222 Å². The average molecular weight is 501 g/mol. The van der Waals surface area contributed by atoms with Crippen LogP contribution < -0.4 is 4.74 Å². The lowest BCUT2D eigenvalue weighted by Crippen LogP contribution is -2.28. The van der Waals surface area contributed by atoms with Crippen LogP contribution in [0.3, 0.4) is 0 Å². The van der Waals surface area contributed by atoms with Crippen molar-refractivity contribution in [1.29, 1.82) is 0 Å². The highest BCUT2D eigenvalue weighted by atomic mass is 16.6. The molecule has 1 atom stereocenters. The Hall–Kier alpha value is -3.03. The van der Waals surface area contributed by atoms with Crippen LogP contribution in [-0.4, -0.2) is 23.8 Å². The minimum absolute atomic E-state index is 0.0767. The van der Waals surface area contributed by atoms with Crippen molar-refractivity contribution in [2.75, 3.05) is 6.61 Å². The van der Waals surface area contributed by atoms with Gasteiger partial charge in [-0.25, -0.2) is 0 Å². The molecule has 0 saturated heterocycles. The van der Waals surface area contributed by atoms with Crippen LogP contribution in [0, 0.1) is 31.1 Å². The van der Waals surface area contributed by atoms with Gasteiger partial charge in [-0.15, -0.1) is 0 Å². The van der Waals surface area contributed by atoms with E-state index >= 15 is 0 Å². The Bertz CT molecular complexity index is 1230. The van der Waals surface area contributed by atoms with Crippen molar-refractivity contribution in [3.05, 3.63) is 76.1 Å². The van der Waals surface area contributed by atoms with Gasteiger partial charge in [0.25, 0.3) is 0 Å². The largest absolute Gasteiger partial charge is 0.485 e. The molecule has 1 saturated carbocycles. The molecule has 2 aromatic carbocycles. The molecule has 196 valence electrons. The molecule has 1 aliphatic carbocycles. The van der Waals surface area contributed by atoms with E-state index in [1.165, 1.54) is 24.0 Å². The molecule has 2 aromatic rings. The van der Waals surface area contributed by atoms with Crippen LogP contribution in [0.1, 0.15) is 93.5 Å². The predicted molar refractivity (Wildman–Crippen MR) is 147 cm³/mol. The molecule has 4 nitrogen and oxygen atoms in total. The first kappa shape index (κ1) is 27.0. The van der Waals surface area contributed by atoms with Gasteiger partial charge in [0, 0.05) is 16.4 Å². The van der Waals surface area contributed by atoms with E-state index in [-0.39, 0.29) is 23.4 Å². The van der Waals surface area contributed by atoms with Gasteiger partial charge in [0.05, 0.1) is 6.42 Å². The SMILES string of the molecule is CCC(CC)(c1ccc(C#CC(O)C2(C)CCCC2)c(C)c1)c1ccc(OCC2=CCC(=O)O2)c(C)c1. The maximum Gasteiger partial charge on any atom is 0.314 e. The average Bonchev–Trinajstić information content (AvgIpc) is 3.52. The third-order valence-corrected chi connectivity index (χ3v) is 8.57. The van der Waals surface area contributed by atoms with Crippen LogP contribution in [0.2, 0.25) is 0 Å². The summed E-state index contributed by atoms with van der Waals surface area (Å²) in [6.45, 7) is 11.1. The minimum Gasteiger partial charge on any atom is -0.485 e. The lowest BCUT2D eigenvalue weighted by molar-refractivity contribution is -0.136. The number of rotatable bonds is 8. The van der Waals surface area contributed by atoms with Crippen LogP contribution in [-0.2, 0) is 14.9 Å². The number of esters is 1. The van der Waals surface area contributed by atoms with E-state index in [1.807, 2.05) is 6.07 Å². The molecule has 1 unspecified atom stereocenters. The molecule has 1 fully saturated rings. The maximum absolute atomic E-state index is 11.3. The van der Waals surface area contributed by atoms with Gasteiger partial charge >= 0.3 is 5.97 Å². The van der Waals surface area contributed by atoms with E-state index in [1.54, 1.807) is 6.08 Å². The summed E-state index contributed by atoms with van der Waals surface area (Å²) in [5.74, 6) is 7.57. The second-order valence-corrected chi connectivity index (χ2v) is 11.0. The van der Waals surface area contributed by atoms with Crippen molar-refractivity contribution >= 4 is 5.97 Å².